The van der Waals surface area contributed by atoms with Crippen LogP contribution in [0.2, 0.25) is 5.02 Å². The minimum Gasteiger partial charge on any atom is -0.494 e. The third-order valence-electron chi connectivity index (χ3n) is 3.22. The summed E-state index contributed by atoms with van der Waals surface area (Å²) in [6, 6.07) is 4.27. The number of methoxy groups -OCH3 is 1. The average Bonchev–Trinajstić information content (AvgIpc) is 2.38. The molecule has 0 radical (unpaired) electrons. The van der Waals surface area contributed by atoms with Crippen molar-refractivity contribution in [1.82, 2.24) is 5.32 Å². The number of benzene rings is 1. The van der Waals surface area contributed by atoms with Crippen LogP contribution in [-0.4, -0.2) is 26.5 Å². The van der Waals surface area contributed by atoms with Crippen LogP contribution in [0.25, 0.3) is 0 Å². The van der Waals surface area contributed by atoms with Crippen molar-refractivity contribution in [2.45, 2.75) is 23.7 Å². The number of piperidine rings is 1. The number of ether oxygens (including phenoxy) is 1. The first-order chi connectivity index (χ1) is 8.26. The number of thioether (sulfide) groups is 1. The molecule has 1 atom stereocenters. The van der Waals surface area contributed by atoms with Crippen LogP contribution in [0.15, 0.2) is 17.0 Å². The Balaban J connectivity index is 2.31. The normalized spacial score (nSPS) is 20.3. The van der Waals surface area contributed by atoms with Gasteiger partial charge in [0.1, 0.15) is 0 Å². The molecule has 0 saturated carbocycles. The van der Waals surface area contributed by atoms with Crippen LogP contribution in [0.1, 0.15) is 24.3 Å². The highest BCUT2D eigenvalue weighted by atomic mass is 35.5. The van der Waals surface area contributed by atoms with Gasteiger partial charge in [-0.1, -0.05) is 11.6 Å². The van der Waals surface area contributed by atoms with E-state index < -0.39 is 0 Å². The summed E-state index contributed by atoms with van der Waals surface area (Å²) in [6.07, 6.45) is 4.53. The van der Waals surface area contributed by atoms with Gasteiger partial charge in [-0.05, 0) is 49.3 Å². The van der Waals surface area contributed by atoms with E-state index in [9.17, 15) is 0 Å². The number of halogens is 1. The number of rotatable bonds is 3. The molecule has 1 saturated heterocycles. The summed E-state index contributed by atoms with van der Waals surface area (Å²) in [5, 5.41) is 4.16. The molecule has 0 bridgehead atoms. The van der Waals surface area contributed by atoms with Crippen LogP contribution >= 0.6 is 23.4 Å². The van der Waals surface area contributed by atoms with Crippen molar-refractivity contribution in [1.29, 1.82) is 0 Å². The van der Waals surface area contributed by atoms with Crippen molar-refractivity contribution in [2.24, 2.45) is 0 Å². The summed E-state index contributed by atoms with van der Waals surface area (Å²) in [7, 11) is 1.67. The second kappa shape index (κ2) is 5.98. The summed E-state index contributed by atoms with van der Waals surface area (Å²) in [6.45, 7) is 2.19. The van der Waals surface area contributed by atoms with Crippen LogP contribution in [0.4, 0.5) is 0 Å². The Morgan fingerprint density at radius 2 is 2.29 bits per heavy atom. The van der Waals surface area contributed by atoms with Crippen LogP contribution < -0.4 is 10.1 Å². The SMILES string of the molecule is COc1c(Cl)cc(C2CCCNC2)cc1SC. The minimum absolute atomic E-state index is 0.582. The largest absolute Gasteiger partial charge is 0.494 e. The lowest BCUT2D eigenvalue weighted by Gasteiger charge is -2.24. The monoisotopic (exact) mass is 271 g/mol. The van der Waals surface area contributed by atoms with Gasteiger partial charge in [0, 0.05) is 6.54 Å². The first-order valence-corrected chi connectivity index (χ1v) is 7.48. The molecule has 0 amide bonds. The van der Waals surface area contributed by atoms with E-state index in [2.05, 4.69) is 23.7 Å². The predicted molar refractivity (Wildman–Crippen MR) is 74.6 cm³/mol. The second-order valence-corrected chi connectivity index (χ2v) is 5.54. The zero-order valence-corrected chi connectivity index (χ0v) is 11.8. The molecule has 1 fully saturated rings. The predicted octanol–water partition coefficient (Wildman–Crippen LogP) is 3.54. The molecule has 1 heterocycles. The van der Waals surface area contributed by atoms with Crippen molar-refractivity contribution < 1.29 is 4.74 Å². The molecule has 17 heavy (non-hydrogen) atoms. The topological polar surface area (TPSA) is 21.3 Å². The number of hydrogen-bond donors (Lipinski definition) is 1. The zero-order valence-electron chi connectivity index (χ0n) is 10.3. The van der Waals surface area contributed by atoms with Crippen LogP contribution in [0.3, 0.4) is 0 Å². The van der Waals surface area contributed by atoms with E-state index in [1.54, 1.807) is 18.9 Å². The summed E-state index contributed by atoms with van der Waals surface area (Å²) in [5.74, 6) is 1.38. The Bertz CT molecular complexity index is 391. The van der Waals surface area contributed by atoms with Crippen molar-refractivity contribution in [2.75, 3.05) is 26.5 Å². The molecule has 1 aliphatic heterocycles. The van der Waals surface area contributed by atoms with Gasteiger partial charge in [-0.3, -0.25) is 0 Å². The minimum atomic E-state index is 0.582. The van der Waals surface area contributed by atoms with E-state index in [0.717, 1.165) is 28.8 Å². The van der Waals surface area contributed by atoms with Crippen LogP contribution in [0.5, 0.6) is 5.75 Å². The van der Waals surface area contributed by atoms with Gasteiger partial charge in [-0.2, -0.15) is 0 Å². The van der Waals surface area contributed by atoms with E-state index in [-0.39, 0.29) is 0 Å². The lowest BCUT2D eigenvalue weighted by molar-refractivity contribution is 0.403. The van der Waals surface area contributed by atoms with E-state index in [1.807, 2.05) is 0 Å². The van der Waals surface area contributed by atoms with E-state index >= 15 is 0 Å². The zero-order chi connectivity index (χ0) is 12.3. The maximum Gasteiger partial charge on any atom is 0.150 e. The van der Waals surface area contributed by atoms with E-state index in [4.69, 9.17) is 16.3 Å². The Morgan fingerprint density at radius 1 is 1.47 bits per heavy atom. The lowest BCUT2D eigenvalue weighted by Crippen LogP contribution is -2.28. The quantitative estimate of drug-likeness (QED) is 0.850. The molecule has 1 aromatic rings. The smallest absolute Gasteiger partial charge is 0.150 e. The Morgan fingerprint density at radius 3 is 2.88 bits per heavy atom. The summed E-state index contributed by atoms with van der Waals surface area (Å²) >= 11 is 7.96. The third-order valence-corrected chi connectivity index (χ3v) is 4.25. The molecule has 1 aromatic carbocycles. The van der Waals surface area contributed by atoms with Crippen molar-refractivity contribution >= 4 is 23.4 Å². The molecule has 1 unspecified atom stereocenters. The highest BCUT2D eigenvalue weighted by molar-refractivity contribution is 7.98. The van der Waals surface area contributed by atoms with Gasteiger partial charge in [0.2, 0.25) is 0 Å². The average molecular weight is 272 g/mol. The van der Waals surface area contributed by atoms with Gasteiger partial charge in [0.05, 0.1) is 17.0 Å². The molecular weight excluding hydrogens is 254 g/mol. The molecular formula is C13H18ClNOS. The van der Waals surface area contributed by atoms with E-state index in [1.165, 1.54) is 18.4 Å². The second-order valence-electron chi connectivity index (χ2n) is 4.28. The summed E-state index contributed by atoms with van der Waals surface area (Å²) in [4.78, 5) is 1.13. The first kappa shape index (κ1) is 13.1. The Kier molecular flexibility index (Phi) is 4.60. The Hall–Kier alpha value is -0.380. The van der Waals surface area contributed by atoms with Gasteiger partial charge in [0.15, 0.2) is 5.75 Å². The Labute approximate surface area is 112 Å². The van der Waals surface area contributed by atoms with Crippen molar-refractivity contribution in [3.8, 4) is 5.75 Å². The fourth-order valence-corrected chi connectivity index (χ4v) is 3.30. The molecule has 94 valence electrons. The van der Waals surface area contributed by atoms with Crippen molar-refractivity contribution in [3.05, 3.63) is 22.7 Å². The van der Waals surface area contributed by atoms with Crippen LogP contribution in [-0.2, 0) is 0 Å². The highest BCUT2D eigenvalue weighted by Crippen LogP contribution is 2.38. The fraction of sp³-hybridized carbons (Fsp3) is 0.538. The molecule has 2 rings (SSSR count). The van der Waals surface area contributed by atoms with Gasteiger partial charge < -0.3 is 10.1 Å². The van der Waals surface area contributed by atoms with Gasteiger partial charge in [-0.15, -0.1) is 11.8 Å². The van der Waals surface area contributed by atoms with E-state index in [0.29, 0.717) is 5.92 Å². The molecule has 0 aliphatic carbocycles. The molecule has 4 heteroatoms. The standard InChI is InChI=1S/C13H18ClNOS/c1-16-13-11(14)6-10(7-12(13)17-2)9-4-3-5-15-8-9/h6-7,9,15H,3-5,8H2,1-2H3. The lowest BCUT2D eigenvalue weighted by atomic mass is 9.92. The van der Waals surface area contributed by atoms with Crippen LogP contribution in [0, 0.1) is 0 Å². The molecule has 0 spiro atoms. The first-order valence-electron chi connectivity index (χ1n) is 5.88. The fourth-order valence-electron chi connectivity index (χ4n) is 2.31. The molecule has 2 nitrogen and oxygen atoms in total. The molecule has 1 aliphatic rings. The molecule has 0 aromatic heterocycles. The van der Waals surface area contributed by atoms with Gasteiger partial charge >= 0.3 is 0 Å². The van der Waals surface area contributed by atoms with Gasteiger partial charge in [0.25, 0.3) is 0 Å². The molecule has 1 N–H and O–H groups in total. The summed E-state index contributed by atoms with van der Waals surface area (Å²) in [5.41, 5.74) is 1.33. The van der Waals surface area contributed by atoms with Gasteiger partial charge in [-0.25, -0.2) is 0 Å². The maximum absolute atomic E-state index is 6.27. The number of hydrogen-bond acceptors (Lipinski definition) is 3. The maximum atomic E-state index is 6.27. The third kappa shape index (κ3) is 2.90. The summed E-state index contributed by atoms with van der Waals surface area (Å²) < 4.78 is 5.34. The van der Waals surface area contributed by atoms with Crippen molar-refractivity contribution in [3.63, 3.8) is 0 Å². The number of nitrogens with one attached hydrogen (secondary N) is 1. The highest BCUT2D eigenvalue weighted by Gasteiger charge is 2.18.